The SMILES string of the molecule is O=C(NCCc1c[nH]c2ccccc12)c1cccc(NC(=O)[C@H]2CCCO2)c1. The van der Waals surface area contributed by atoms with Gasteiger partial charge in [0.05, 0.1) is 0 Å². The Kier molecular flexibility index (Phi) is 5.39. The van der Waals surface area contributed by atoms with Crippen LogP contribution in [0.25, 0.3) is 10.9 Å². The number of carbonyl (C=O) groups is 2. The van der Waals surface area contributed by atoms with Gasteiger partial charge >= 0.3 is 0 Å². The number of rotatable bonds is 6. The van der Waals surface area contributed by atoms with Gasteiger partial charge in [0.25, 0.3) is 11.8 Å². The molecule has 6 heteroatoms. The van der Waals surface area contributed by atoms with Crippen molar-refractivity contribution in [1.29, 1.82) is 0 Å². The minimum absolute atomic E-state index is 0.158. The number of amides is 2. The molecule has 1 aliphatic heterocycles. The molecule has 1 saturated heterocycles. The highest BCUT2D eigenvalue weighted by Crippen LogP contribution is 2.18. The number of hydrogen-bond donors (Lipinski definition) is 3. The van der Waals surface area contributed by atoms with E-state index in [1.807, 2.05) is 24.4 Å². The van der Waals surface area contributed by atoms with Crippen molar-refractivity contribution < 1.29 is 14.3 Å². The molecule has 0 aliphatic carbocycles. The van der Waals surface area contributed by atoms with Crippen LogP contribution in [0, 0.1) is 0 Å². The third kappa shape index (κ3) is 4.07. The topological polar surface area (TPSA) is 83.2 Å². The average Bonchev–Trinajstić information content (AvgIpc) is 3.39. The minimum atomic E-state index is -0.395. The first-order valence-corrected chi connectivity index (χ1v) is 9.56. The highest BCUT2D eigenvalue weighted by molar-refractivity contribution is 5.98. The van der Waals surface area contributed by atoms with Crippen molar-refractivity contribution >= 4 is 28.4 Å². The summed E-state index contributed by atoms with van der Waals surface area (Å²) >= 11 is 0. The zero-order valence-corrected chi connectivity index (χ0v) is 15.5. The van der Waals surface area contributed by atoms with Gasteiger partial charge in [-0.05, 0) is 49.1 Å². The lowest BCUT2D eigenvalue weighted by Gasteiger charge is -2.11. The van der Waals surface area contributed by atoms with E-state index in [-0.39, 0.29) is 11.8 Å². The third-order valence-electron chi connectivity index (χ3n) is 4.97. The Bertz CT molecular complexity index is 989. The van der Waals surface area contributed by atoms with Crippen LogP contribution in [0.5, 0.6) is 0 Å². The summed E-state index contributed by atoms with van der Waals surface area (Å²) in [6, 6.07) is 15.1. The smallest absolute Gasteiger partial charge is 0.253 e. The first kappa shape index (κ1) is 18.3. The third-order valence-corrected chi connectivity index (χ3v) is 4.97. The fourth-order valence-corrected chi connectivity index (χ4v) is 3.50. The summed E-state index contributed by atoms with van der Waals surface area (Å²) in [4.78, 5) is 27.9. The minimum Gasteiger partial charge on any atom is -0.368 e. The lowest BCUT2D eigenvalue weighted by Crippen LogP contribution is -2.28. The zero-order valence-electron chi connectivity index (χ0n) is 15.5. The summed E-state index contributed by atoms with van der Waals surface area (Å²) in [5.41, 5.74) is 3.39. The van der Waals surface area contributed by atoms with Crippen LogP contribution in [-0.4, -0.2) is 36.1 Å². The quantitative estimate of drug-likeness (QED) is 0.617. The van der Waals surface area contributed by atoms with E-state index < -0.39 is 6.10 Å². The molecule has 2 heterocycles. The molecule has 1 atom stereocenters. The number of anilines is 1. The van der Waals surface area contributed by atoms with Crippen LogP contribution in [-0.2, 0) is 16.0 Å². The van der Waals surface area contributed by atoms with Gasteiger partial charge in [-0.3, -0.25) is 9.59 Å². The van der Waals surface area contributed by atoms with Crippen LogP contribution in [0.2, 0.25) is 0 Å². The summed E-state index contributed by atoms with van der Waals surface area (Å²) in [5, 5.41) is 6.95. The second kappa shape index (κ2) is 8.27. The number of carbonyl (C=O) groups excluding carboxylic acids is 2. The maximum atomic E-state index is 12.5. The molecular formula is C22H23N3O3. The van der Waals surface area contributed by atoms with Crippen molar-refractivity contribution in [3.05, 3.63) is 65.9 Å². The van der Waals surface area contributed by atoms with Gasteiger partial charge in [0.15, 0.2) is 0 Å². The molecule has 1 aromatic heterocycles. The number of ether oxygens (including phenoxy) is 1. The summed E-state index contributed by atoms with van der Waals surface area (Å²) in [6.07, 6.45) is 3.97. The van der Waals surface area contributed by atoms with Crippen LogP contribution < -0.4 is 10.6 Å². The standard InChI is InChI=1S/C22H23N3O3/c26-21(23-11-10-16-14-24-19-8-2-1-7-18(16)19)15-5-3-6-17(13-15)25-22(27)20-9-4-12-28-20/h1-3,5-8,13-14,20,24H,4,9-12H2,(H,23,26)(H,25,27)/t20-/m1/s1. The zero-order chi connectivity index (χ0) is 19.3. The number of benzene rings is 2. The van der Waals surface area contributed by atoms with Crippen molar-refractivity contribution in [2.24, 2.45) is 0 Å². The molecule has 3 aromatic rings. The second-order valence-corrected chi connectivity index (χ2v) is 6.94. The van der Waals surface area contributed by atoms with E-state index >= 15 is 0 Å². The Balaban J connectivity index is 1.33. The summed E-state index contributed by atoms with van der Waals surface area (Å²) in [5.74, 6) is -0.317. The number of fused-ring (bicyclic) bond motifs is 1. The number of aromatic amines is 1. The first-order chi connectivity index (χ1) is 13.7. The van der Waals surface area contributed by atoms with E-state index in [0.29, 0.717) is 24.4 Å². The van der Waals surface area contributed by atoms with Gasteiger partial charge in [0, 0.05) is 41.5 Å². The molecule has 0 saturated carbocycles. The fourth-order valence-electron chi connectivity index (χ4n) is 3.50. The molecule has 0 bridgehead atoms. The van der Waals surface area contributed by atoms with Gasteiger partial charge in [0.2, 0.25) is 0 Å². The van der Waals surface area contributed by atoms with Crippen LogP contribution in [0.4, 0.5) is 5.69 Å². The molecule has 1 aliphatic rings. The predicted octanol–water partition coefficient (Wildman–Crippen LogP) is 3.26. The number of aromatic nitrogens is 1. The predicted molar refractivity (Wildman–Crippen MR) is 108 cm³/mol. The molecule has 4 rings (SSSR count). The molecule has 28 heavy (non-hydrogen) atoms. The normalized spacial score (nSPS) is 16.2. The average molecular weight is 377 g/mol. The number of nitrogens with one attached hydrogen (secondary N) is 3. The van der Waals surface area contributed by atoms with E-state index in [9.17, 15) is 9.59 Å². The van der Waals surface area contributed by atoms with Crippen molar-refractivity contribution in [1.82, 2.24) is 10.3 Å². The van der Waals surface area contributed by atoms with E-state index in [2.05, 4.69) is 21.7 Å². The Labute approximate surface area is 163 Å². The molecule has 144 valence electrons. The lowest BCUT2D eigenvalue weighted by atomic mass is 10.1. The molecule has 0 spiro atoms. The first-order valence-electron chi connectivity index (χ1n) is 9.56. The van der Waals surface area contributed by atoms with Gasteiger partial charge in [0.1, 0.15) is 6.10 Å². The number of hydrogen-bond acceptors (Lipinski definition) is 3. The molecule has 6 nitrogen and oxygen atoms in total. The molecule has 2 amide bonds. The Morgan fingerprint density at radius 1 is 1.14 bits per heavy atom. The summed E-state index contributed by atoms with van der Waals surface area (Å²) in [7, 11) is 0. The van der Waals surface area contributed by atoms with Crippen LogP contribution >= 0.6 is 0 Å². The van der Waals surface area contributed by atoms with Gasteiger partial charge < -0.3 is 20.4 Å². The number of para-hydroxylation sites is 1. The summed E-state index contributed by atoms with van der Waals surface area (Å²) < 4.78 is 5.39. The Morgan fingerprint density at radius 3 is 2.89 bits per heavy atom. The van der Waals surface area contributed by atoms with Gasteiger partial charge in [-0.1, -0.05) is 24.3 Å². The van der Waals surface area contributed by atoms with Crippen LogP contribution in [0.15, 0.2) is 54.7 Å². The van der Waals surface area contributed by atoms with E-state index in [1.165, 1.54) is 10.9 Å². The monoisotopic (exact) mass is 377 g/mol. The Morgan fingerprint density at radius 2 is 2.04 bits per heavy atom. The lowest BCUT2D eigenvalue weighted by molar-refractivity contribution is -0.124. The van der Waals surface area contributed by atoms with Crippen molar-refractivity contribution in [3.63, 3.8) is 0 Å². The molecule has 2 aromatic carbocycles. The molecule has 0 radical (unpaired) electrons. The van der Waals surface area contributed by atoms with Crippen molar-refractivity contribution in [3.8, 4) is 0 Å². The van der Waals surface area contributed by atoms with Crippen LogP contribution in [0.1, 0.15) is 28.8 Å². The van der Waals surface area contributed by atoms with E-state index in [1.54, 1.807) is 24.3 Å². The maximum Gasteiger partial charge on any atom is 0.253 e. The fraction of sp³-hybridized carbons (Fsp3) is 0.273. The second-order valence-electron chi connectivity index (χ2n) is 6.94. The van der Waals surface area contributed by atoms with Gasteiger partial charge in [-0.25, -0.2) is 0 Å². The van der Waals surface area contributed by atoms with E-state index in [4.69, 9.17) is 4.74 Å². The Hall–Kier alpha value is -3.12. The summed E-state index contributed by atoms with van der Waals surface area (Å²) in [6.45, 7) is 1.16. The molecular weight excluding hydrogens is 354 g/mol. The van der Waals surface area contributed by atoms with E-state index in [0.717, 1.165) is 24.8 Å². The largest absolute Gasteiger partial charge is 0.368 e. The molecule has 1 fully saturated rings. The number of H-pyrrole nitrogens is 1. The van der Waals surface area contributed by atoms with Crippen LogP contribution in [0.3, 0.4) is 0 Å². The van der Waals surface area contributed by atoms with Gasteiger partial charge in [-0.2, -0.15) is 0 Å². The highest BCUT2D eigenvalue weighted by Gasteiger charge is 2.23. The highest BCUT2D eigenvalue weighted by atomic mass is 16.5. The van der Waals surface area contributed by atoms with Gasteiger partial charge in [-0.15, -0.1) is 0 Å². The molecule has 3 N–H and O–H groups in total. The molecule has 0 unspecified atom stereocenters. The maximum absolute atomic E-state index is 12.5. The van der Waals surface area contributed by atoms with Crippen molar-refractivity contribution in [2.75, 3.05) is 18.5 Å². The van der Waals surface area contributed by atoms with Crippen molar-refractivity contribution in [2.45, 2.75) is 25.4 Å².